The third-order valence-electron chi connectivity index (χ3n) is 3.52. The van der Waals surface area contributed by atoms with Crippen LogP contribution >= 0.6 is 11.3 Å². The van der Waals surface area contributed by atoms with Crippen LogP contribution < -0.4 is 10.1 Å². The van der Waals surface area contributed by atoms with E-state index in [1.807, 2.05) is 32.0 Å². The van der Waals surface area contributed by atoms with Gasteiger partial charge >= 0.3 is 0 Å². The van der Waals surface area contributed by atoms with Gasteiger partial charge in [-0.25, -0.2) is 9.37 Å². The third kappa shape index (κ3) is 4.42. The van der Waals surface area contributed by atoms with Crippen LogP contribution in [0.15, 0.2) is 48.5 Å². The maximum Gasteiger partial charge on any atom is 0.264 e. The highest BCUT2D eigenvalue weighted by Crippen LogP contribution is 2.30. The molecule has 0 saturated carbocycles. The quantitative estimate of drug-likeness (QED) is 0.728. The van der Waals surface area contributed by atoms with Gasteiger partial charge in [-0.05, 0) is 55.8 Å². The summed E-state index contributed by atoms with van der Waals surface area (Å²) >= 11 is 1.37. The Morgan fingerprint density at radius 3 is 2.68 bits per heavy atom. The molecule has 0 unspecified atom stereocenters. The maximum atomic E-state index is 13.0. The van der Waals surface area contributed by atoms with Gasteiger partial charge in [0.15, 0.2) is 11.7 Å². The fraction of sp³-hybridized carbons (Fsp3) is 0.158. The van der Waals surface area contributed by atoms with Crippen LogP contribution in [0.5, 0.6) is 5.75 Å². The first kappa shape index (κ1) is 17.1. The van der Waals surface area contributed by atoms with Crippen molar-refractivity contribution in [3.05, 3.63) is 64.8 Å². The molecule has 0 bridgehead atoms. The predicted molar refractivity (Wildman–Crippen MR) is 97.5 cm³/mol. The lowest BCUT2D eigenvalue weighted by atomic mass is 10.1. The van der Waals surface area contributed by atoms with Gasteiger partial charge in [0.05, 0.1) is 5.69 Å². The summed E-state index contributed by atoms with van der Waals surface area (Å²) in [5.41, 5.74) is 2.61. The number of carbonyl (C=O) groups excluding carboxylic acids is 1. The molecule has 0 aliphatic heterocycles. The standard InChI is InChI=1S/C19H17FN2O2S/c1-12-4-3-5-16(10-12)24-11-17(23)21-19-22-18(13(2)25-19)14-6-8-15(20)9-7-14/h3-10H,11H2,1-2H3,(H,21,22,23). The summed E-state index contributed by atoms with van der Waals surface area (Å²) in [4.78, 5) is 17.4. The SMILES string of the molecule is Cc1cccc(OCC(=O)Nc2nc(-c3ccc(F)cc3)c(C)s2)c1. The highest BCUT2D eigenvalue weighted by Gasteiger charge is 2.12. The molecule has 0 saturated heterocycles. The minimum atomic E-state index is -0.293. The molecule has 6 heteroatoms. The number of anilines is 1. The molecule has 1 N–H and O–H groups in total. The van der Waals surface area contributed by atoms with Crippen LogP contribution in [-0.2, 0) is 4.79 Å². The lowest BCUT2D eigenvalue weighted by Crippen LogP contribution is -2.20. The van der Waals surface area contributed by atoms with Gasteiger partial charge in [-0.1, -0.05) is 12.1 Å². The first-order chi connectivity index (χ1) is 12.0. The molecule has 3 rings (SSSR count). The van der Waals surface area contributed by atoms with E-state index < -0.39 is 0 Å². The number of hydrogen-bond acceptors (Lipinski definition) is 4. The first-order valence-electron chi connectivity index (χ1n) is 7.74. The molecule has 25 heavy (non-hydrogen) atoms. The number of thiazole rings is 1. The van der Waals surface area contributed by atoms with Crippen LogP contribution in [0.4, 0.5) is 9.52 Å². The zero-order chi connectivity index (χ0) is 17.8. The highest BCUT2D eigenvalue weighted by molar-refractivity contribution is 7.16. The Morgan fingerprint density at radius 1 is 1.20 bits per heavy atom. The van der Waals surface area contributed by atoms with Gasteiger partial charge in [0, 0.05) is 10.4 Å². The number of ether oxygens (including phenoxy) is 1. The molecule has 0 aliphatic rings. The van der Waals surface area contributed by atoms with E-state index >= 15 is 0 Å². The number of aryl methyl sites for hydroxylation is 2. The fourth-order valence-electron chi connectivity index (χ4n) is 2.33. The number of hydrogen-bond donors (Lipinski definition) is 1. The van der Waals surface area contributed by atoms with Crippen molar-refractivity contribution in [3.8, 4) is 17.0 Å². The van der Waals surface area contributed by atoms with Gasteiger partial charge in [-0.2, -0.15) is 0 Å². The Morgan fingerprint density at radius 2 is 1.96 bits per heavy atom. The van der Waals surface area contributed by atoms with E-state index in [-0.39, 0.29) is 18.3 Å². The van der Waals surface area contributed by atoms with Gasteiger partial charge in [0.2, 0.25) is 0 Å². The van der Waals surface area contributed by atoms with Gasteiger partial charge < -0.3 is 4.74 Å². The van der Waals surface area contributed by atoms with Gasteiger partial charge in [-0.15, -0.1) is 11.3 Å². The summed E-state index contributed by atoms with van der Waals surface area (Å²) < 4.78 is 18.5. The lowest BCUT2D eigenvalue weighted by molar-refractivity contribution is -0.118. The van der Waals surface area contributed by atoms with Crippen molar-refractivity contribution in [2.75, 3.05) is 11.9 Å². The van der Waals surface area contributed by atoms with Crippen molar-refractivity contribution in [2.45, 2.75) is 13.8 Å². The Hall–Kier alpha value is -2.73. The second kappa shape index (κ2) is 7.44. The van der Waals surface area contributed by atoms with Crippen molar-refractivity contribution in [1.29, 1.82) is 0 Å². The second-order valence-corrected chi connectivity index (χ2v) is 6.79. The van der Waals surface area contributed by atoms with E-state index in [9.17, 15) is 9.18 Å². The number of nitrogens with one attached hydrogen (secondary N) is 1. The van der Waals surface area contributed by atoms with Crippen LogP contribution in [0.25, 0.3) is 11.3 Å². The maximum absolute atomic E-state index is 13.0. The molecule has 128 valence electrons. The number of nitrogens with zero attached hydrogens (tertiary/aromatic N) is 1. The summed E-state index contributed by atoms with van der Waals surface area (Å²) in [5, 5.41) is 3.23. The highest BCUT2D eigenvalue weighted by atomic mass is 32.1. The topological polar surface area (TPSA) is 51.2 Å². The summed E-state index contributed by atoms with van der Waals surface area (Å²) in [7, 11) is 0. The first-order valence-corrected chi connectivity index (χ1v) is 8.55. The van der Waals surface area contributed by atoms with E-state index in [2.05, 4.69) is 10.3 Å². The molecule has 1 aromatic heterocycles. The summed E-state index contributed by atoms with van der Waals surface area (Å²) in [6.07, 6.45) is 0. The summed E-state index contributed by atoms with van der Waals surface area (Å²) in [6.45, 7) is 3.78. The van der Waals surface area contributed by atoms with Gasteiger partial charge in [0.1, 0.15) is 11.6 Å². The second-order valence-electron chi connectivity index (χ2n) is 5.58. The fourth-order valence-corrected chi connectivity index (χ4v) is 3.19. The van der Waals surface area contributed by atoms with Crippen LogP contribution in [-0.4, -0.2) is 17.5 Å². The van der Waals surface area contributed by atoms with Crippen molar-refractivity contribution in [3.63, 3.8) is 0 Å². The molecule has 0 spiro atoms. The zero-order valence-electron chi connectivity index (χ0n) is 13.9. The van der Waals surface area contributed by atoms with Crippen molar-refractivity contribution in [1.82, 2.24) is 4.98 Å². The molecule has 2 aromatic carbocycles. The van der Waals surface area contributed by atoms with E-state index in [1.165, 1.54) is 23.5 Å². The van der Waals surface area contributed by atoms with E-state index in [0.717, 1.165) is 21.7 Å². The molecule has 0 fully saturated rings. The lowest BCUT2D eigenvalue weighted by Gasteiger charge is -2.06. The van der Waals surface area contributed by atoms with Crippen LogP contribution in [0.2, 0.25) is 0 Å². The Bertz CT molecular complexity index is 891. The number of aromatic nitrogens is 1. The summed E-state index contributed by atoms with van der Waals surface area (Å²) in [5.74, 6) is 0.0804. The number of carbonyl (C=O) groups is 1. The molecule has 1 amide bonds. The molecule has 0 atom stereocenters. The Labute approximate surface area is 149 Å². The minimum Gasteiger partial charge on any atom is -0.484 e. The predicted octanol–water partition coefficient (Wildman–Crippen LogP) is 4.58. The van der Waals surface area contributed by atoms with Crippen molar-refractivity contribution < 1.29 is 13.9 Å². The smallest absolute Gasteiger partial charge is 0.264 e. The summed E-state index contributed by atoms with van der Waals surface area (Å²) in [6, 6.07) is 13.6. The Balaban J connectivity index is 1.64. The zero-order valence-corrected chi connectivity index (χ0v) is 14.7. The van der Waals surface area contributed by atoms with Crippen LogP contribution in [0, 0.1) is 19.7 Å². The number of benzene rings is 2. The average Bonchev–Trinajstić information content (AvgIpc) is 2.94. The number of rotatable bonds is 5. The molecule has 4 nitrogen and oxygen atoms in total. The minimum absolute atomic E-state index is 0.0893. The normalized spacial score (nSPS) is 10.5. The average molecular weight is 356 g/mol. The largest absolute Gasteiger partial charge is 0.484 e. The monoisotopic (exact) mass is 356 g/mol. The van der Waals surface area contributed by atoms with Crippen molar-refractivity contribution in [2.24, 2.45) is 0 Å². The van der Waals surface area contributed by atoms with Crippen LogP contribution in [0.3, 0.4) is 0 Å². The molecule has 0 aliphatic carbocycles. The van der Waals surface area contributed by atoms with E-state index in [1.54, 1.807) is 18.2 Å². The molecular weight excluding hydrogens is 339 g/mol. The van der Waals surface area contributed by atoms with Gasteiger partial charge in [0.25, 0.3) is 5.91 Å². The number of amides is 1. The van der Waals surface area contributed by atoms with Crippen molar-refractivity contribution >= 4 is 22.4 Å². The molecule has 3 aromatic rings. The molecule has 0 radical (unpaired) electrons. The van der Waals surface area contributed by atoms with Crippen LogP contribution in [0.1, 0.15) is 10.4 Å². The van der Waals surface area contributed by atoms with E-state index in [0.29, 0.717) is 10.9 Å². The van der Waals surface area contributed by atoms with E-state index in [4.69, 9.17) is 4.74 Å². The van der Waals surface area contributed by atoms with Gasteiger partial charge in [-0.3, -0.25) is 10.1 Å². The Kier molecular flexibility index (Phi) is 5.09. The number of halogens is 1. The molecular formula is C19H17FN2O2S. The molecule has 1 heterocycles. The third-order valence-corrected chi connectivity index (χ3v) is 4.41.